The number of carbonyl (C=O) groups excluding carboxylic acids is 2. The Labute approximate surface area is 175 Å². The second kappa shape index (κ2) is 8.91. The van der Waals surface area contributed by atoms with Crippen molar-refractivity contribution >= 4 is 28.7 Å². The highest BCUT2D eigenvalue weighted by molar-refractivity contribution is 6.07. The van der Waals surface area contributed by atoms with Gasteiger partial charge in [0, 0.05) is 18.0 Å². The smallest absolute Gasteiger partial charge is 0.349 e. The van der Waals surface area contributed by atoms with Crippen LogP contribution in [0.15, 0.2) is 57.8 Å². The van der Waals surface area contributed by atoms with Gasteiger partial charge in [0.15, 0.2) is 5.78 Å². The van der Waals surface area contributed by atoms with Crippen molar-refractivity contribution in [1.82, 2.24) is 5.32 Å². The molecular formula is C25H25NO4. The highest BCUT2D eigenvalue weighted by atomic mass is 16.4. The van der Waals surface area contributed by atoms with Crippen LogP contribution in [0.4, 0.5) is 0 Å². The lowest BCUT2D eigenvalue weighted by atomic mass is 9.93. The average molecular weight is 403 g/mol. The summed E-state index contributed by atoms with van der Waals surface area (Å²) in [6.45, 7) is 6.07. The summed E-state index contributed by atoms with van der Waals surface area (Å²) in [5.41, 5.74) is 3.16. The van der Waals surface area contributed by atoms with E-state index in [9.17, 15) is 14.4 Å². The molecule has 2 aromatic carbocycles. The van der Waals surface area contributed by atoms with E-state index in [4.69, 9.17) is 4.42 Å². The number of ketones is 1. The molecule has 154 valence electrons. The van der Waals surface area contributed by atoms with E-state index in [2.05, 4.69) is 12.2 Å². The van der Waals surface area contributed by atoms with Gasteiger partial charge in [0.05, 0.1) is 0 Å². The number of hydrogen-bond acceptors (Lipinski definition) is 4. The lowest BCUT2D eigenvalue weighted by Crippen LogP contribution is -2.24. The Morgan fingerprint density at radius 1 is 1.13 bits per heavy atom. The van der Waals surface area contributed by atoms with Crippen LogP contribution >= 0.6 is 0 Å². The van der Waals surface area contributed by atoms with Crippen LogP contribution in [0.3, 0.4) is 0 Å². The van der Waals surface area contributed by atoms with Crippen LogP contribution in [-0.2, 0) is 0 Å². The molecule has 0 aliphatic heterocycles. The Bertz CT molecular complexity index is 1190. The van der Waals surface area contributed by atoms with Crippen LogP contribution < -0.4 is 10.9 Å². The molecule has 3 rings (SSSR count). The second-order valence-electron chi connectivity index (χ2n) is 7.43. The van der Waals surface area contributed by atoms with Crippen molar-refractivity contribution in [3.05, 3.63) is 86.8 Å². The maximum atomic E-state index is 12.5. The molecule has 3 aromatic rings. The van der Waals surface area contributed by atoms with Crippen molar-refractivity contribution in [3.63, 3.8) is 0 Å². The van der Waals surface area contributed by atoms with Crippen molar-refractivity contribution in [2.75, 3.05) is 7.05 Å². The molecule has 0 bridgehead atoms. The predicted octanol–water partition coefficient (Wildman–Crippen LogP) is 4.87. The van der Waals surface area contributed by atoms with Crippen molar-refractivity contribution in [1.29, 1.82) is 0 Å². The average Bonchev–Trinajstić information content (AvgIpc) is 2.76. The first-order chi connectivity index (χ1) is 14.3. The number of allylic oxidation sites excluding steroid dienone is 1. The number of amides is 1. The number of fused-ring (bicyclic) bond motifs is 1. The fourth-order valence-electron chi connectivity index (χ4n) is 3.25. The van der Waals surface area contributed by atoms with E-state index in [1.165, 1.54) is 13.1 Å². The molecule has 0 saturated carbocycles. The minimum Gasteiger partial charge on any atom is -0.422 e. The number of benzene rings is 2. The van der Waals surface area contributed by atoms with Crippen molar-refractivity contribution < 1.29 is 14.0 Å². The topological polar surface area (TPSA) is 76.4 Å². The Morgan fingerprint density at radius 3 is 2.47 bits per heavy atom. The number of rotatable bonds is 6. The Hall–Kier alpha value is -3.47. The zero-order valence-corrected chi connectivity index (χ0v) is 17.6. The van der Waals surface area contributed by atoms with E-state index >= 15 is 0 Å². The molecule has 0 saturated heterocycles. The molecule has 0 spiro atoms. The van der Waals surface area contributed by atoms with Crippen LogP contribution in [0.2, 0.25) is 0 Å². The molecule has 1 aromatic heterocycles. The van der Waals surface area contributed by atoms with Gasteiger partial charge in [-0.3, -0.25) is 9.59 Å². The monoisotopic (exact) mass is 403 g/mol. The van der Waals surface area contributed by atoms with Gasteiger partial charge in [0.2, 0.25) is 0 Å². The van der Waals surface area contributed by atoms with Gasteiger partial charge in [0.25, 0.3) is 5.91 Å². The Morgan fingerprint density at radius 2 is 1.83 bits per heavy atom. The molecule has 0 aliphatic rings. The first-order valence-corrected chi connectivity index (χ1v) is 9.97. The Balaban J connectivity index is 2.08. The molecule has 1 atom stereocenters. The van der Waals surface area contributed by atoms with Crippen molar-refractivity contribution in [2.45, 2.75) is 33.1 Å². The second-order valence-corrected chi connectivity index (χ2v) is 7.43. The van der Waals surface area contributed by atoms with Crippen LogP contribution in [-0.4, -0.2) is 18.7 Å². The van der Waals surface area contributed by atoms with Gasteiger partial charge in [-0.2, -0.15) is 0 Å². The minimum absolute atomic E-state index is 0.0445. The molecule has 5 heteroatoms. The number of aryl methyl sites for hydroxylation is 1. The highest BCUT2D eigenvalue weighted by Gasteiger charge is 2.17. The van der Waals surface area contributed by atoms with Crippen molar-refractivity contribution in [2.24, 2.45) is 0 Å². The zero-order chi connectivity index (χ0) is 21.8. The number of carbonyl (C=O) groups is 2. The van der Waals surface area contributed by atoms with Crippen LogP contribution in [0.25, 0.3) is 17.0 Å². The summed E-state index contributed by atoms with van der Waals surface area (Å²) in [5, 5.41) is 3.10. The number of hydrogen-bond donors (Lipinski definition) is 1. The van der Waals surface area contributed by atoms with E-state index in [1.54, 1.807) is 24.3 Å². The highest BCUT2D eigenvalue weighted by Crippen LogP contribution is 2.29. The molecule has 0 radical (unpaired) electrons. The first-order valence-electron chi connectivity index (χ1n) is 9.97. The normalized spacial score (nSPS) is 12.3. The van der Waals surface area contributed by atoms with Crippen LogP contribution in [0.5, 0.6) is 0 Å². The van der Waals surface area contributed by atoms with E-state index in [-0.39, 0.29) is 17.3 Å². The molecule has 1 amide bonds. The number of nitrogens with one attached hydrogen (secondary N) is 1. The van der Waals surface area contributed by atoms with Crippen LogP contribution in [0, 0.1) is 6.92 Å². The molecular weight excluding hydrogens is 378 g/mol. The summed E-state index contributed by atoms with van der Waals surface area (Å²) >= 11 is 0. The molecule has 1 heterocycles. The summed E-state index contributed by atoms with van der Waals surface area (Å²) in [6, 6.07) is 12.7. The third-order valence-electron chi connectivity index (χ3n) is 5.26. The third-order valence-corrected chi connectivity index (χ3v) is 5.26. The lowest BCUT2D eigenvalue weighted by molar-refractivity contribution is 0.0959. The van der Waals surface area contributed by atoms with Gasteiger partial charge >= 0.3 is 5.63 Å². The van der Waals surface area contributed by atoms with E-state index in [1.807, 2.05) is 38.1 Å². The Kier molecular flexibility index (Phi) is 6.31. The van der Waals surface area contributed by atoms with Crippen molar-refractivity contribution in [3.8, 4) is 0 Å². The molecule has 30 heavy (non-hydrogen) atoms. The SMILES string of the molecule is CCC(C)c1cc(/C=C/C(=O)c2ccc(C)cc2)cc2cc(C(=O)NC)c(=O)oc12. The van der Waals surface area contributed by atoms with Gasteiger partial charge in [-0.15, -0.1) is 0 Å². The third kappa shape index (κ3) is 4.40. The first kappa shape index (κ1) is 21.2. The summed E-state index contributed by atoms with van der Waals surface area (Å²) in [7, 11) is 1.46. The van der Waals surface area contributed by atoms with Gasteiger partial charge in [-0.05, 0) is 54.7 Å². The molecule has 1 unspecified atom stereocenters. The maximum absolute atomic E-state index is 12.5. The fraction of sp³-hybridized carbons (Fsp3) is 0.240. The summed E-state index contributed by atoms with van der Waals surface area (Å²) in [4.78, 5) is 36.8. The van der Waals surface area contributed by atoms with E-state index < -0.39 is 11.5 Å². The van der Waals surface area contributed by atoms with Gasteiger partial charge < -0.3 is 9.73 Å². The molecule has 0 fully saturated rings. The maximum Gasteiger partial charge on any atom is 0.349 e. The molecule has 5 nitrogen and oxygen atoms in total. The quantitative estimate of drug-likeness (QED) is 0.362. The largest absolute Gasteiger partial charge is 0.422 e. The fourth-order valence-corrected chi connectivity index (χ4v) is 3.25. The summed E-state index contributed by atoms with van der Waals surface area (Å²) in [6.07, 6.45) is 4.13. The van der Waals surface area contributed by atoms with Gasteiger partial charge in [0.1, 0.15) is 11.1 Å². The van der Waals surface area contributed by atoms with Gasteiger partial charge in [-0.25, -0.2) is 4.79 Å². The molecule has 1 N–H and O–H groups in total. The predicted molar refractivity (Wildman–Crippen MR) is 119 cm³/mol. The summed E-state index contributed by atoms with van der Waals surface area (Å²) in [5.74, 6) is -0.445. The minimum atomic E-state index is -0.663. The zero-order valence-electron chi connectivity index (χ0n) is 17.6. The van der Waals surface area contributed by atoms with E-state index in [0.717, 1.165) is 23.1 Å². The van der Waals surface area contributed by atoms with Crippen LogP contribution in [0.1, 0.15) is 63.6 Å². The standard InChI is InChI=1S/C25H25NO4/c1-5-16(3)20-13-17(8-11-22(27)18-9-6-15(2)7-10-18)12-19-14-21(24(28)26-4)25(29)30-23(19)20/h6-14,16H,5H2,1-4H3,(H,26,28)/b11-8+. The van der Waals surface area contributed by atoms with E-state index in [0.29, 0.717) is 16.5 Å². The summed E-state index contributed by atoms with van der Waals surface area (Å²) < 4.78 is 5.52. The lowest BCUT2D eigenvalue weighted by Gasteiger charge is -2.13. The molecule has 0 aliphatic carbocycles. The van der Waals surface area contributed by atoms with Gasteiger partial charge in [-0.1, -0.05) is 49.8 Å².